The number of hydrogen-bond acceptors (Lipinski definition) is 1. The van der Waals surface area contributed by atoms with E-state index in [4.69, 9.17) is 4.79 Å². The van der Waals surface area contributed by atoms with Crippen LogP contribution < -0.4 is 0 Å². The number of carbonyl (C=O) groups is 1. The molecule has 0 atom stereocenters. The summed E-state index contributed by atoms with van der Waals surface area (Å²) >= 11 is 0. The largest absolute Gasteiger partial charge is 0.328 e. The van der Waals surface area contributed by atoms with Gasteiger partial charge in [-0.3, -0.25) is 0 Å². The van der Waals surface area contributed by atoms with Crippen LogP contribution in [0.4, 0.5) is 0 Å². The van der Waals surface area contributed by atoms with Crippen molar-refractivity contribution in [2.24, 2.45) is 0 Å². The predicted octanol–water partition coefficient (Wildman–Crippen LogP) is 8.72. The minimum absolute atomic E-state index is 1.24. The van der Waals surface area contributed by atoms with E-state index in [0.717, 1.165) is 0 Å². The molecule has 2 nitrogen and oxygen atoms in total. The predicted molar refractivity (Wildman–Crippen MR) is 133 cm³/mol. The lowest BCUT2D eigenvalue weighted by Crippen LogP contribution is -2.41. The van der Waals surface area contributed by atoms with Crippen LogP contribution in [0.2, 0.25) is 0 Å². The van der Waals surface area contributed by atoms with Crippen molar-refractivity contribution in [3.05, 3.63) is 0 Å². The number of quaternary nitrogens is 1. The zero-order valence-electron chi connectivity index (χ0n) is 21.1. The molecule has 0 heterocycles. The van der Waals surface area contributed by atoms with Gasteiger partial charge in [0.15, 0.2) is 0 Å². The van der Waals surface area contributed by atoms with Crippen LogP contribution in [0.1, 0.15) is 142 Å². The van der Waals surface area contributed by atoms with Gasteiger partial charge in [-0.05, 0) is 25.7 Å². The topological polar surface area (TPSA) is 17.1 Å². The summed E-state index contributed by atoms with van der Waals surface area (Å²) in [5.41, 5.74) is 0. The highest BCUT2D eigenvalue weighted by atomic mass is 16.1. The maximum absolute atomic E-state index is 8.00. The summed E-state index contributed by atoms with van der Waals surface area (Å²) in [6, 6.07) is 0. The van der Waals surface area contributed by atoms with Crippen LogP contribution in [0.5, 0.6) is 0 Å². The van der Waals surface area contributed by atoms with Gasteiger partial charge in [0.2, 0.25) is 0 Å². The van der Waals surface area contributed by atoms with Crippen LogP contribution in [0.15, 0.2) is 0 Å². The van der Waals surface area contributed by atoms with E-state index >= 15 is 0 Å². The molecule has 0 saturated heterocycles. The fourth-order valence-electron chi connectivity index (χ4n) is 4.17. The summed E-state index contributed by atoms with van der Waals surface area (Å²) in [4.78, 5) is 8.00. The molecule has 0 spiro atoms. The van der Waals surface area contributed by atoms with Gasteiger partial charge in [0, 0.05) is 0 Å². The van der Waals surface area contributed by atoms with E-state index in [-0.39, 0.29) is 0 Å². The van der Waals surface area contributed by atoms with Gasteiger partial charge in [-0.15, -0.1) is 0 Å². The van der Waals surface area contributed by atoms with Crippen molar-refractivity contribution >= 4 is 6.79 Å². The summed E-state index contributed by atoms with van der Waals surface area (Å²) in [5.74, 6) is 0. The van der Waals surface area contributed by atoms with Gasteiger partial charge in [0.1, 0.15) is 6.79 Å². The van der Waals surface area contributed by atoms with Gasteiger partial charge in [-0.1, -0.05) is 117 Å². The Hall–Kier alpha value is -0.370. The van der Waals surface area contributed by atoms with E-state index in [2.05, 4.69) is 27.9 Å². The molecule has 0 amide bonds. The molecule has 2 heteroatoms. The second kappa shape index (κ2) is 25.7. The first-order chi connectivity index (χ1) is 14.1. The normalized spacial score (nSPS) is 11.3. The Morgan fingerprint density at radius 2 is 0.621 bits per heavy atom. The van der Waals surface area contributed by atoms with Gasteiger partial charge < -0.3 is 9.28 Å². The number of unbranched alkanes of at least 4 members (excludes halogenated alkanes) is 18. The Bertz CT molecular complexity index is 264. The molecule has 176 valence electrons. The maximum Gasteiger partial charge on any atom is 0.106 e. The minimum Gasteiger partial charge on any atom is -0.328 e. The number of carbonyl (C=O) groups excluding carboxylic acids is 1. The first-order valence-corrected chi connectivity index (χ1v) is 13.2. The van der Waals surface area contributed by atoms with Crippen LogP contribution >= 0.6 is 0 Å². The van der Waals surface area contributed by atoms with Crippen molar-refractivity contribution < 1.29 is 9.28 Å². The van der Waals surface area contributed by atoms with Crippen molar-refractivity contribution in [3.63, 3.8) is 0 Å². The van der Waals surface area contributed by atoms with E-state index in [9.17, 15) is 0 Å². The van der Waals surface area contributed by atoms with Gasteiger partial charge >= 0.3 is 0 Å². The molecule has 0 aromatic rings. The molecule has 0 aliphatic carbocycles. The molecule has 0 bridgehead atoms. The first-order valence-electron chi connectivity index (χ1n) is 13.2. The standard InChI is InChI=1S/C26H56N.CH2O/c1-5-7-9-11-13-15-17-19-21-23-25-27(3,4)26-24-22-20-18-16-14-12-10-8-6-2;1-2/h5-26H2,1-4H3;1H2/q+1;. The smallest absolute Gasteiger partial charge is 0.106 e. The van der Waals surface area contributed by atoms with E-state index < -0.39 is 0 Å². The number of hydrogen-bond donors (Lipinski definition) is 0. The van der Waals surface area contributed by atoms with E-state index in [0.29, 0.717) is 0 Å². The van der Waals surface area contributed by atoms with Gasteiger partial charge in [-0.2, -0.15) is 0 Å². The second-order valence-electron chi connectivity index (χ2n) is 9.75. The number of rotatable bonds is 22. The minimum atomic E-state index is 1.24. The third-order valence-electron chi connectivity index (χ3n) is 6.23. The first kappa shape index (κ1) is 30.8. The third-order valence-corrected chi connectivity index (χ3v) is 6.23. The van der Waals surface area contributed by atoms with Gasteiger partial charge in [0.05, 0.1) is 27.2 Å². The molecular weight excluding hydrogens is 354 g/mol. The summed E-state index contributed by atoms with van der Waals surface area (Å²) in [6.45, 7) is 9.37. The fraction of sp³-hybridized carbons (Fsp3) is 0.963. The summed E-state index contributed by atoms with van der Waals surface area (Å²) in [5, 5.41) is 0. The zero-order chi connectivity index (χ0) is 22.1. The lowest BCUT2D eigenvalue weighted by atomic mass is 10.1. The average molecular weight is 413 g/mol. The molecule has 0 aliphatic heterocycles. The van der Waals surface area contributed by atoms with Crippen molar-refractivity contribution in [1.29, 1.82) is 0 Å². The average Bonchev–Trinajstić information content (AvgIpc) is 2.72. The quantitative estimate of drug-likeness (QED) is 0.128. The summed E-state index contributed by atoms with van der Waals surface area (Å²) < 4.78 is 1.24. The lowest BCUT2D eigenvalue weighted by molar-refractivity contribution is -0.890. The van der Waals surface area contributed by atoms with Crippen LogP contribution in [-0.4, -0.2) is 38.5 Å². The molecule has 29 heavy (non-hydrogen) atoms. The Kier molecular flexibility index (Phi) is 27.3. The second-order valence-corrected chi connectivity index (χ2v) is 9.75. The van der Waals surface area contributed by atoms with Crippen molar-refractivity contribution in [2.75, 3.05) is 27.2 Å². The summed E-state index contributed by atoms with van der Waals surface area (Å²) in [7, 11) is 4.89. The third kappa shape index (κ3) is 27.6. The zero-order valence-corrected chi connectivity index (χ0v) is 21.1. The molecule has 0 N–H and O–H groups in total. The SMILES string of the molecule is C=O.CCCCCCCCCCCC[N+](C)(C)CCCCCCCCCCCC. The molecule has 0 fully saturated rings. The lowest BCUT2D eigenvalue weighted by Gasteiger charge is -2.30. The molecule has 0 unspecified atom stereocenters. The van der Waals surface area contributed by atoms with Crippen molar-refractivity contribution in [3.8, 4) is 0 Å². The molecule has 0 aromatic heterocycles. The molecular formula is C27H58NO+. The molecule has 0 saturated carbocycles. The van der Waals surface area contributed by atoms with E-state index in [1.807, 2.05) is 6.79 Å². The van der Waals surface area contributed by atoms with E-state index in [1.165, 1.54) is 146 Å². The Morgan fingerprint density at radius 3 is 0.862 bits per heavy atom. The molecule has 0 aromatic carbocycles. The fourth-order valence-corrected chi connectivity index (χ4v) is 4.17. The van der Waals surface area contributed by atoms with Crippen LogP contribution in [0, 0.1) is 0 Å². The van der Waals surface area contributed by atoms with Crippen molar-refractivity contribution in [1.82, 2.24) is 0 Å². The monoisotopic (exact) mass is 412 g/mol. The summed E-state index contributed by atoms with van der Waals surface area (Å²) in [6.07, 6.45) is 29.0. The molecule has 0 radical (unpaired) electrons. The molecule has 0 aliphatic rings. The Labute approximate surface area is 185 Å². The highest BCUT2D eigenvalue weighted by Crippen LogP contribution is 2.14. The highest BCUT2D eigenvalue weighted by Gasteiger charge is 2.13. The van der Waals surface area contributed by atoms with Crippen LogP contribution in [0.25, 0.3) is 0 Å². The highest BCUT2D eigenvalue weighted by molar-refractivity contribution is 5.10. The van der Waals surface area contributed by atoms with Crippen LogP contribution in [0.3, 0.4) is 0 Å². The van der Waals surface area contributed by atoms with Crippen LogP contribution in [-0.2, 0) is 4.79 Å². The Balaban J connectivity index is 0. The molecule has 0 rings (SSSR count). The maximum atomic E-state index is 8.00. The van der Waals surface area contributed by atoms with Gasteiger partial charge in [-0.25, -0.2) is 0 Å². The number of nitrogens with zero attached hydrogens (tertiary/aromatic N) is 1. The van der Waals surface area contributed by atoms with Gasteiger partial charge in [0.25, 0.3) is 0 Å². The van der Waals surface area contributed by atoms with Crippen molar-refractivity contribution in [2.45, 2.75) is 142 Å². The Morgan fingerprint density at radius 1 is 0.414 bits per heavy atom. The van der Waals surface area contributed by atoms with E-state index in [1.54, 1.807) is 0 Å².